The van der Waals surface area contributed by atoms with Crippen LogP contribution in [0.1, 0.15) is 30.9 Å². The molecule has 2 heterocycles. The lowest BCUT2D eigenvalue weighted by Gasteiger charge is -2.30. The SMILES string of the molecule is CC1CCN(Cc2ccccc2CNc2cn[nH]c(=O)c2Cl)CC1. The molecular formula is C18H23ClN4O. The van der Waals surface area contributed by atoms with Crippen LogP contribution in [0, 0.1) is 5.92 Å². The molecule has 2 aromatic rings. The maximum Gasteiger partial charge on any atom is 0.285 e. The van der Waals surface area contributed by atoms with Crippen molar-refractivity contribution in [1.29, 1.82) is 0 Å². The molecule has 0 bridgehead atoms. The molecule has 1 fully saturated rings. The van der Waals surface area contributed by atoms with Crippen molar-refractivity contribution < 1.29 is 0 Å². The largest absolute Gasteiger partial charge is 0.378 e. The first kappa shape index (κ1) is 17.0. The monoisotopic (exact) mass is 346 g/mol. The smallest absolute Gasteiger partial charge is 0.285 e. The number of halogens is 1. The van der Waals surface area contributed by atoms with Crippen LogP contribution in [-0.4, -0.2) is 28.2 Å². The van der Waals surface area contributed by atoms with Crippen LogP contribution in [0.5, 0.6) is 0 Å². The maximum absolute atomic E-state index is 11.5. The van der Waals surface area contributed by atoms with Gasteiger partial charge in [0.1, 0.15) is 5.02 Å². The van der Waals surface area contributed by atoms with Gasteiger partial charge in [0.2, 0.25) is 0 Å². The van der Waals surface area contributed by atoms with Gasteiger partial charge in [-0.1, -0.05) is 42.8 Å². The van der Waals surface area contributed by atoms with Crippen molar-refractivity contribution in [2.45, 2.75) is 32.9 Å². The first-order valence-electron chi connectivity index (χ1n) is 8.39. The number of nitrogens with zero attached hydrogens (tertiary/aromatic N) is 2. The molecule has 0 radical (unpaired) electrons. The summed E-state index contributed by atoms with van der Waals surface area (Å²) in [6.07, 6.45) is 4.08. The van der Waals surface area contributed by atoms with Crippen LogP contribution in [0.25, 0.3) is 0 Å². The highest BCUT2D eigenvalue weighted by Gasteiger charge is 2.16. The molecule has 1 aromatic carbocycles. The Morgan fingerprint density at radius 3 is 2.75 bits per heavy atom. The number of rotatable bonds is 5. The van der Waals surface area contributed by atoms with Crippen LogP contribution in [-0.2, 0) is 13.1 Å². The molecule has 0 spiro atoms. The molecule has 6 heteroatoms. The van der Waals surface area contributed by atoms with Gasteiger partial charge in [0, 0.05) is 13.1 Å². The topological polar surface area (TPSA) is 61.0 Å². The predicted molar refractivity (Wildman–Crippen MR) is 97.3 cm³/mol. The Morgan fingerprint density at radius 1 is 1.29 bits per heavy atom. The van der Waals surface area contributed by atoms with E-state index in [9.17, 15) is 4.79 Å². The van der Waals surface area contributed by atoms with E-state index in [-0.39, 0.29) is 10.6 Å². The summed E-state index contributed by atoms with van der Waals surface area (Å²) in [6, 6.07) is 8.40. The highest BCUT2D eigenvalue weighted by Crippen LogP contribution is 2.21. The summed E-state index contributed by atoms with van der Waals surface area (Å²) in [5, 5.41) is 9.48. The minimum absolute atomic E-state index is 0.146. The quantitative estimate of drug-likeness (QED) is 0.872. The fourth-order valence-corrected chi connectivity index (χ4v) is 3.20. The van der Waals surface area contributed by atoms with E-state index in [1.807, 2.05) is 6.07 Å². The van der Waals surface area contributed by atoms with E-state index in [1.165, 1.54) is 24.0 Å². The summed E-state index contributed by atoms with van der Waals surface area (Å²) >= 11 is 6.01. The fraction of sp³-hybridized carbons (Fsp3) is 0.444. The van der Waals surface area contributed by atoms with Crippen molar-refractivity contribution in [2.24, 2.45) is 5.92 Å². The average molecular weight is 347 g/mol. The molecule has 128 valence electrons. The zero-order valence-corrected chi connectivity index (χ0v) is 14.6. The maximum atomic E-state index is 11.5. The number of piperidine rings is 1. The minimum atomic E-state index is -0.377. The summed E-state index contributed by atoms with van der Waals surface area (Å²) in [6.45, 7) is 6.23. The van der Waals surface area contributed by atoms with Crippen LogP contribution in [0.2, 0.25) is 5.02 Å². The lowest BCUT2D eigenvalue weighted by atomic mass is 9.98. The van der Waals surface area contributed by atoms with Crippen LogP contribution < -0.4 is 10.9 Å². The first-order valence-corrected chi connectivity index (χ1v) is 8.77. The van der Waals surface area contributed by atoms with E-state index in [2.05, 4.69) is 45.5 Å². The Kier molecular flexibility index (Phi) is 5.53. The fourth-order valence-electron chi connectivity index (χ4n) is 3.04. The lowest BCUT2D eigenvalue weighted by molar-refractivity contribution is 0.185. The van der Waals surface area contributed by atoms with Gasteiger partial charge >= 0.3 is 0 Å². The standard InChI is InChI=1S/C18H23ClN4O/c1-13-6-8-23(9-7-13)12-15-5-3-2-4-14(15)10-20-16-11-21-22-18(24)17(16)19/h2-5,11,13H,6-10,12H2,1H3,(H2,20,22,24). The third kappa shape index (κ3) is 4.16. The number of nitrogens with one attached hydrogen (secondary N) is 2. The molecule has 5 nitrogen and oxygen atoms in total. The molecular weight excluding hydrogens is 324 g/mol. The van der Waals surface area contributed by atoms with Crippen molar-refractivity contribution in [3.63, 3.8) is 0 Å². The normalized spacial score (nSPS) is 16.2. The van der Waals surface area contributed by atoms with Gasteiger partial charge in [-0.2, -0.15) is 5.10 Å². The molecule has 2 N–H and O–H groups in total. The molecule has 0 amide bonds. The molecule has 0 unspecified atom stereocenters. The Morgan fingerprint density at radius 2 is 2.00 bits per heavy atom. The third-order valence-corrected chi connectivity index (χ3v) is 5.03. The molecule has 0 saturated carbocycles. The average Bonchev–Trinajstić information content (AvgIpc) is 2.59. The molecule has 1 aliphatic rings. The van der Waals surface area contributed by atoms with Crippen molar-refractivity contribution in [3.05, 3.63) is 57.0 Å². The van der Waals surface area contributed by atoms with Crippen molar-refractivity contribution in [3.8, 4) is 0 Å². The number of likely N-dealkylation sites (tertiary alicyclic amines) is 1. The Labute approximate surface area is 147 Å². The second-order valence-electron chi connectivity index (χ2n) is 6.51. The second-order valence-corrected chi connectivity index (χ2v) is 6.89. The number of H-pyrrole nitrogens is 1. The third-order valence-electron chi connectivity index (χ3n) is 4.65. The van der Waals surface area contributed by atoms with Crippen molar-refractivity contribution >= 4 is 17.3 Å². The summed E-state index contributed by atoms with van der Waals surface area (Å²) in [4.78, 5) is 14.0. The molecule has 24 heavy (non-hydrogen) atoms. The van der Waals surface area contributed by atoms with E-state index in [0.717, 1.165) is 25.6 Å². The molecule has 0 aliphatic carbocycles. The van der Waals surface area contributed by atoms with Crippen molar-refractivity contribution in [1.82, 2.24) is 15.1 Å². The van der Waals surface area contributed by atoms with Gasteiger partial charge in [-0.15, -0.1) is 0 Å². The van der Waals surface area contributed by atoms with E-state index in [4.69, 9.17) is 11.6 Å². The van der Waals surface area contributed by atoms with E-state index >= 15 is 0 Å². The van der Waals surface area contributed by atoms with Gasteiger partial charge < -0.3 is 5.32 Å². The van der Waals surface area contributed by atoms with E-state index < -0.39 is 0 Å². The highest BCUT2D eigenvalue weighted by atomic mass is 35.5. The Hall–Kier alpha value is -1.85. The van der Waals surface area contributed by atoms with E-state index in [0.29, 0.717) is 12.2 Å². The number of hydrogen-bond donors (Lipinski definition) is 2. The first-order chi connectivity index (χ1) is 11.6. The molecule has 0 atom stereocenters. The van der Waals surface area contributed by atoms with Crippen LogP contribution in [0.4, 0.5) is 5.69 Å². The van der Waals surface area contributed by atoms with Gasteiger partial charge in [0.25, 0.3) is 5.56 Å². The van der Waals surface area contributed by atoms with Gasteiger partial charge in [-0.3, -0.25) is 9.69 Å². The van der Waals surface area contributed by atoms with Gasteiger partial charge in [0.05, 0.1) is 11.9 Å². The number of hydrogen-bond acceptors (Lipinski definition) is 4. The Balaban J connectivity index is 1.68. The molecule has 1 aliphatic heterocycles. The number of benzene rings is 1. The van der Waals surface area contributed by atoms with Gasteiger partial charge in [0.15, 0.2) is 0 Å². The molecule has 3 rings (SSSR count). The van der Waals surface area contributed by atoms with Crippen LogP contribution in [0.15, 0.2) is 35.3 Å². The summed E-state index contributed by atoms with van der Waals surface area (Å²) in [5.74, 6) is 0.837. The number of aromatic amines is 1. The number of aromatic nitrogens is 2. The Bertz CT molecular complexity index is 738. The minimum Gasteiger partial charge on any atom is -0.378 e. The van der Waals surface area contributed by atoms with Gasteiger partial charge in [-0.25, -0.2) is 5.10 Å². The second kappa shape index (κ2) is 7.81. The van der Waals surface area contributed by atoms with Crippen LogP contribution >= 0.6 is 11.6 Å². The van der Waals surface area contributed by atoms with Gasteiger partial charge in [-0.05, 0) is 43.0 Å². The van der Waals surface area contributed by atoms with Crippen molar-refractivity contribution in [2.75, 3.05) is 18.4 Å². The molecule has 1 aromatic heterocycles. The molecule has 1 saturated heterocycles. The summed E-state index contributed by atoms with van der Waals surface area (Å²) in [7, 11) is 0. The summed E-state index contributed by atoms with van der Waals surface area (Å²) in [5.41, 5.74) is 2.71. The number of anilines is 1. The summed E-state index contributed by atoms with van der Waals surface area (Å²) < 4.78 is 0. The zero-order chi connectivity index (χ0) is 16.9. The zero-order valence-electron chi connectivity index (χ0n) is 13.9. The van der Waals surface area contributed by atoms with E-state index in [1.54, 1.807) is 6.20 Å². The predicted octanol–water partition coefficient (Wildman–Crippen LogP) is 3.27. The highest BCUT2D eigenvalue weighted by molar-refractivity contribution is 6.32. The lowest BCUT2D eigenvalue weighted by Crippen LogP contribution is -2.32. The van der Waals surface area contributed by atoms with Crippen LogP contribution in [0.3, 0.4) is 0 Å².